The van der Waals surface area contributed by atoms with Crippen molar-refractivity contribution >= 4 is 47.4 Å². The maximum atomic E-state index is 14.1. The van der Waals surface area contributed by atoms with Crippen LogP contribution in [-0.2, 0) is 67.2 Å². The van der Waals surface area contributed by atoms with Crippen LogP contribution in [0.3, 0.4) is 0 Å². The van der Waals surface area contributed by atoms with Gasteiger partial charge < -0.3 is 68.0 Å². The Hall–Kier alpha value is -6.76. The van der Waals surface area contributed by atoms with Gasteiger partial charge in [-0.15, -0.1) is 5.10 Å². The molecule has 0 bridgehead atoms. The zero-order valence-electron chi connectivity index (χ0n) is 40.4. The van der Waals surface area contributed by atoms with Crippen LogP contribution in [0.5, 0.6) is 0 Å². The highest BCUT2D eigenvalue weighted by Gasteiger charge is 2.34. The van der Waals surface area contributed by atoms with E-state index in [1.165, 1.54) is 6.92 Å². The first kappa shape index (κ1) is 56.8. The second-order valence-corrected chi connectivity index (χ2v) is 17.0. The van der Waals surface area contributed by atoms with Gasteiger partial charge in [0.25, 0.3) is 0 Å². The number of carbonyl (C=O) groups excluding carboxylic acids is 6. The number of rotatable bonds is 30. The Labute approximate surface area is 413 Å². The molecule has 0 unspecified atom stereocenters. The molecule has 6 amide bonds. The van der Waals surface area contributed by atoms with Crippen LogP contribution in [0.2, 0.25) is 0 Å². The van der Waals surface area contributed by atoms with Gasteiger partial charge in [-0.2, -0.15) is 0 Å². The van der Waals surface area contributed by atoms with Crippen LogP contribution >= 0.6 is 0 Å². The molecule has 12 N–H and O–H groups in total. The van der Waals surface area contributed by atoms with Crippen LogP contribution in [-0.4, -0.2) is 164 Å². The number of allylic oxidation sites excluding steroid dienone is 2. The SMILES string of the molecule is C[C@@H]1NC(=O)[C@H](CCCN=C(N)N)NC(=O)[C@H](CCCCNC(=O)CCc2cn(CCOCCOCCOCCNCC3C=CC=C3)nn2)NC(=O)[C@H](Cc2ccccc2)NC(=O)[C@H](CC(=O)O)NC1=O. The lowest BCUT2D eigenvalue weighted by atomic mass is 10.0. The molecule has 1 aliphatic heterocycles. The molecule has 2 aromatic rings. The molecule has 71 heavy (non-hydrogen) atoms. The molecule has 2 heterocycles. The molecular formula is C47H71N13O11. The fraction of sp³-hybridized carbons (Fsp3) is 0.574. The van der Waals surface area contributed by atoms with Gasteiger partial charge in [0.15, 0.2) is 5.96 Å². The first-order chi connectivity index (χ1) is 34.3. The zero-order valence-corrected chi connectivity index (χ0v) is 40.4. The minimum absolute atomic E-state index is 0.0297. The van der Waals surface area contributed by atoms with E-state index in [0.717, 1.165) is 13.1 Å². The lowest BCUT2D eigenvalue weighted by Gasteiger charge is -2.26. The lowest BCUT2D eigenvalue weighted by molar-refractivity contribution is -0.141. The maximum absolute atomic E-state index is 14.1. The topological polar surface area (TPSA) is 347 Å². The van der Waals surface area contributed by atoms with Gasteiger partial charge in [-0.3, -0.25) is 38.6 Å². The molecule has 24 heteroatoms. The van der Waals surface area contributed by atoms with E-state index in [0.29, 0.717) is 82.6 Å². The van der Waals surface area contributed by atoms with Gasteiger partial charge in [-0.1, -0.05) is 59.8 Å². The summed E-state index contributed by atoms with van der Waals surface area (Å²) in [6.45, 7) is 6.73. The smallest absolute Gasteiger partial charge is 0.305 e. The van der Waals surface area contributed by atoms with Crippen molar-refractivity contribution in [3.63, 3.8) is 0 Å². The number of aliphatic imine (C=N–C) groups is 1. The summed E-state index contributed by atoms with van der Waals surface area (Å²) >= 11 is 0. The number of hydrogen-bond donors (Lipinski definition) is 10. The van der Waals surface area contributed by atoms with E-state index in [9.17, 15) is 38.7 Å². The molecule has 4 rings (SSSR count). The van der Waals surface area contributed by atoms with Crippen molar-refractivity contribution in [3.8, 4) is 0 Å². The summed E-state index contributed by atoms with van der Waals surface area (Å²) in [6.07, 6.45) is 10.9. The summed E-state index contributed by atoms with van der Waals surface area (Å²) in [5.41, 5.74) is 12.2. The molecule has 1 aliphatic carbocycles. The summed E-state index contributed by atoms with van der Waals surface area (Å²) in [5.74, 6) is -5.44. The quantitative estimate of drug-likeness (QED) is 0.0232. The largest absolute Gasteiger partial charge is 0.481 e. The second-order valence-electron chi connectivity index (χ2n) is 17.0. The van der Waals surface area contributed by atoms with E-state index in [4.69, 9.17) is 25.7 Å². The molecule has 2 aliphatic rings. The van der Waals surface area contributed by atoms with Gasteiger partial charge in [0.05, 0.1) is 58.3 Å². The predicted octanol–water partition coefficient (Wildman–Crippen LogP) is -1.89. The number of carboxylic acids is 1. The average molecular weight is 994 g/mol. The molecule has 1 aromatic carbocycles. The molecule has 5 atom stereocenters. The number of amides is 6. The highest BCUT2D eigenvalue weighted by atomic mass is 16.5. The average Bonchev–Trinajstić information content (AvgIpc) is 4.04. The summed E-state index contributed by atoms with van der Waals surface area (Å²) in [6, 6.07) is 2.03. The summed E-state index contributed by atoms with van der Waals surface area (Å²) in [4.78, 5) is 96.9. The van der Waals surface area contributed by atoms with Crippen molar-refractivity contribution in [2.24, 2.45) is 22.4 Å². The second kappa shape index (κ2) is 32.2. The highest BCUT2D eigenvalue weighted by molar-refractivity contribution is 5.98. The summed E-state index contributed by atoms with van der Waals surface area (Å²) in [5, 5.41) is 36.9. The molecule has 0 spiro atoms. The van der Waals surface area contributed by atoms with Crippen molar-refractivity contribution in [2.45, 2.75) is 101 Å². The lowest BCUT2D eigenvalue weighted by Crippen LogP contribution is -2.58. The van der Waals surface area contributed by atoms with E-state index >= 15 is 0 Å². The highest BCUT2D eigenvalue weighted by Crippen LogP contribution is 2.11. The van der Waals surface area contributed by atoms with E-state index in [2.05, 4.69) is 76.8 Å². The third-order valence-electron chi connectivity index (χ3n) is 11.2. The number of unbranched alkanes of at least 4 members (excludes halogenated alkanes) is 1. The Morgan fingerprint density at radius 2 is 1.35 bits per heavy atom. The van der Waals surface area contributed by atoms with Crippen LogP contribution in [0.15, 0.2) is 65.8 Å². The number of ether oxygens (including phenoxy) is 3. The van der Waals surface area contributed by atoms with Gasteiger partial charge >= 0.3 is 5.97 Å². The Morgan fingerprint density at radius 3 is 2.04 bits per heavy atom. The molecule has 1 saturated heterocycles. The molecule has 0 radical (unpaired) electrons. The number of aliphatic carboxylic acids is 1. The standard InChI is InChI=1S/C47H71N13O11/c1-32-42(64)56-39(29-41(62)63)46(68)57-38(28-33-10-3-2-4-11-33)45(67)55-36(44(66)54-37(43(65)53-32)15-9-19-52-47(48)49)14-7-8-18-51-40(61)17-16-35-31-60(59-58-35)21-23-70-25-27-71-26-24-69-22-20-50-30-34-12-5-6-13-34/h2-6,10-13,31-32,34,36-39,50H,7-9,14-30H2,1H3,(H,51,61)(H,53,65)(H,54,66)(H,55,67)(H,56,64)(H,57,68)(H,62,63)(H4,48,49,52)/t32-,36-,37-,38-,39-/m0/s1. The van der Waals surface area contributed by atoms with Gasteiger partial charge in [0.2, 0.25) is 35.4 Å². The van der Waals surface area contributed by atoms with Crippen molar-refractivity contribution in [1.82, 2.24) is 52.2 Å². The monoisotopic (exact) mass is 994 g/mol. The van der Waals surface area contributed by atoms with E-state index in [1.807, 2.05) is 0 Å². The number of hydrogen-bond acceptors (Lipinski definition) is 14. The molecule has 0 saturated carbocycles. The molecular weight excluding hydrogens is 923 g/mol. The van der Waals surface area contributed by atoms with Crippen molar-refractivity contribution in [3.05, 3.63) is 72.1 Å². The van der Waals surface area contributed by atoms with Crippen LogP contribution in [0, 0.1) is 5.92 Å². The van der Waals surface area contributed by atoms with Crippen LogP contribution in [0.25, 0.3) is 0 Å². The third-order valence-corrected chi connectivity index (χ3v) is 11.2. The zero-order chi connectivity index (χ0) is 51.2. The van der Waals surface area contributed by atoms with Crippen LogP contribution in [0.4, 0.5) is 0 Å². The molecule has 1 aromatic heterocycles. The Morgan fingerprint density at radius 1 is 0.746 bits per heavy atom. The van der Waals surface area contributed by atoms with Gasteiger partial charge in [0.1, 0.15) is 30.2 Å². The Bertz CT molecular complexity index is 2090. The van der Waals surface area contributed by atoms with E-state index < -0.39 is 72.1 Å². The molecule has 24 nitrogen and oxygen atoms in total. The fourth-order valence-electron chi connectivity index (χ4n) is 7.30. The number of nitrogens with zero attached hydrogens (tertiary/aromatic N) is 4. The minimum Gasteiger partial charge on any atom is -0.481 e. The number of aryl methyl sites for hydroxylation is 1. The fourth-order valence-corrected chi connectivity index (χ4v) is 7.30. The third kappa shape index (κ3) is 23.1. The van der Waals surface area contributed by atoms with Crippen molar-refractivity contribution < 1.29 is 52.9 Å². The number of carboxylic acid groups (broad SMARTS) is 1. The molecule has 1 fully saturated rings. The van der Waals surface area contributed by atoms with E-state index in [1.54, 1.807) is 41.2 Å². The summed E-state index contributed by atoms with van der Waals surface area (Å²) in [7, 11) is 0. The first-order valence-electron chi connectivity index (χ1n) is 24.0. The normalized spacial score (nSPS) is 20.0. The number of aromatic nitrogens is 3. The first-order valence-corrected chi connectivity index (χ1v) is 24.0. The Kier molecular flexibility index (Phi) is 25.8. The minimum atomic E-state index is -1.62. The number of benzene rings is 1. The van der Waals surface area contributed by atoms with Gasteiger partial charge in [-0.25, -0.2) is 4.68 Å². The number of carbonyl (C=O) groups is 7. The number of nitrogens with one attached hydrogen (secondary N) is 7. The molecule has 390 valence electrons. The number of guanidine groups is 1. The van der Waals surface area contributed by atoms with Gasteiger partial charge in [-0.05, 0) is 44.6 Å². The predicted molar refractivity (Wildman–Crippen MR) is 260 cm³/mol. The Balaban J connectivity index is 1.25. The summed E-state index contributed by atoms with van der Waals surface area (Å²) < 4.78 is 18.4. The van der Waals surface area contributed by atoms with Crippen molar-refractivity contribution in [2.75, 3.05) is 65.8 Å². The number of nitrogens with two attached hydrogens (primary N) is 2. The van der Waals surface area contributed by atoms with Crippen LogP contribution < -0.4 is 48.7 Å². The van der Waals surface area contributed by atoms with Crippen molar-refractivity contribution in [1.29, 1.82) is 0 Å². The van der Waals surface area contributed by atoms with E-state index in [-0.39, 0.29) is 57.1 Å². The maximum Gasteiger partial charge on any atom is 0.305 e. The van der Waals surface area contributed by atoms with Crippen LogP contribution in [0.1, 0.15) is 63.1 Å². The van der Waals surface area contributed by atoms with Gasteiger partial charge in [0, 0.05) is 57.6 Å².